The Labute approximate surface area is 109 Å². The van der Waals surface area contributed by atoms with Crippen molar-refractivity contribution in [2.75, 3.05) is 6.61 Å². The highest BCUT2D eigenvalue weighted by Gasteiger charge is 2.06. The van der Waals surface area contributed by atoms with E-state index in [1.54, 1.807) is 6.20 Å². The first-order valence-electron chi connectivity index (χ1n) is 6.44. The van der Waals surface area contributed by atoms with Gasteiger partial charge in [-0.3, -0.25) is 0 Å². The molecule has 0 aliphatic heterocycles. The van der Waals surface area contributed by atoms with E-state index in [2.05, 4.69) is 18.8 Å². The summed E-state index contributed by atoms with van der Waals surface area (Å²) in [4.78, 5) is 3.95. The first-order chi connectivity index (χ1) is 8.26. The minimum absolute atomic E-state index is 0.532. The molecule has 3 heteroatoms. The van der Waals surface area contributed by atoms with Gasteiger partial charge in [0.1, 0.15) is 5.15 Å². The number of hydrogen-bond acceptors (Lipinski definition) is 2. The summed E-state index contributed by atoms with van der Waals surface area (Å²) in [6.07, 6.45) is 6.73. The zero-order chi connectivity index (χ0) is 12.5. The molecule has 0 saturated carbocycles. The van der Waals surface area contributed by atoms with Crippen LogP contribution in [0, 0.1) is 5.92 Å². The van der Waals surface area contributed by atoms with E-state index in [1.807, 2.05) is 12.1 Å². The first kappa shape index (κ1) is 14.5. The number of pyridine rings is 1. The molecule has 0 aliphatic carbocycles. The van der Waals surface area contributed by atoms with Crippen LogP contribution >= 0.6 is 11.6 Å². The first-order valence-corrected chi connectivity index (χ1v) is 6.82. The molecule has 0 bridgehead atoms. The largest absolute Gasteiger partial charge is 0.376 e. The summed E-state index contributed by atoms with van der Waals surface area (Å²) in [5, 5.41) is 0.532. The standard InChI is InChI=1S/C14H22ClNO/c1-3-5-6-12(4-2)10-17-11-13-7-8-16-14(15)9-13/h7-9,12H,3-6,10-11H2,1-2H3. The summed E-state index contributed by atoms with van der Waals surface area (Å²) < 4.78 is 5.74. The minimum Gasteiger partial charge on any atom is -0.376 e. The van der Waals surface area contributed by atoms with Crippen LogP contribution in [0.4, 0.5) is 0 Å². The zero-order valence-corrected chi connectivity index (χ0v) is 11.5. The fraction of sp³-hybridized carbons (Fsp3) is 0.643. The third kappa shape index (κ3) is 6.04. The Bertz CT molecular complexity index is 317. The van der Waals surface area contributed by atoms with E-state index < -0.39 is 0 Å². The molecule has 2 nitrogen and oxygen atoms in total. The van der Waals surface area contributed by atoms with Crippen LogP contribution in [0.1, 0.15) is 45.1 Å². The van der Waals surface area contributed by atoms with Crippen molar-refractivity contribution in [3.63, 3.8) is 0 Å². The lowest BCUT2D eigenvalue weighted by molar-refractivity contribution is 0.0819. The fourth-order valence-corrected chi connectivity index (χ4v) is 1.97. The maximum Gasteiger partial charge on any atom is 0.129 e. The van der Waals surface area contributed by atoms with Gasteiger partial charge in [-0.2, -0.15) is 0 Å². The number of unbranched alkanes of at least 4 members (excludes halogenated alkanes) is 1. The van der Waals surface area contributed by atoms with Crippen LogP contribution in [0.2, 0.25) is 5.15 Å². The van der Waals surface area contributed by atoms with E-state index in [-0.39, 0.29) is 0 Å². The van der Waals surface area contributed by atoms with Crippen molar-refractivity contribution in [3.05, 3.63) is 29.0 Å². The zero-order valence-electron chi connectivity index (χ0n) is 10.8. The van der Waals surface area contributed by atoms with E-state index in [4.69, 9.17) is 16.3 Å². The predicted molar refractivity (Wildman–Crippen MR) is 72.2 cm³/mol. The molecule has 1 aromatic rings. The second-order valence-electron chi connectivity index (χ2n) is 4.42. The highest BCUT2D eigenvalue weighted by molar-refractivity contribution is 6.29. The summed E-state index contributed by atoms with van der Waals surface area (Å²) in [6.45, 7) is 5.93. The molecule has 0 fully saturated rings. The van der Waals surface area contributed by atoms with Gasteiger partial charge in [0.25, 0.3) is 0 Å². The summed E-state index contributed by atoms with van der Waals surface area (Å²) in [6, 6.07) is 3.80. The molecule has 0 aromatic carbocycles. The predicted octanol–water partition coefficient (Wildman–Crippen LogP) is 4.47. The van der Waals surface area contributed by atoms with Crippen LogP contribution < -0.4 is 0 Å². The fourth-order valence-electron chi connectivity index (χ4n) is 1.77. The monoisotopic (exact) mass is 255 g/mol. The van der Waals surface area contributed by atoms with Gasteiger partial charge in [0.2, 0.25) is 0 Å². The number of nitrogens with zero attached hydrogens (tertiary/aromatic N) is 1. The van der Waals surface area contributed by atoms with Gasteiger partial charge in [-0.25, -0.2) is 4.98 Å². The van der Waals surface area contributed by atoms with Gasteiger partial charge in [0.05, 0.1) is 6.61 Å². The van der Waals surface area contributed by atoms with Gasteiger partial charge in [0.15, 0.2) is 0 Å². The maximum atomic E-state index is 5.82. The number of ether oxygens (including phenoxy) is 1. The van der Waals surface area contributed by atoms with Gasteiger partial charge in [0, 0.05) is 12.8 Å². The van der Waals surface area contributed by atoms with Gasteiger partial charge in [-0.1, -0.05) is 44.7 Å². The van der Waals surface area contributed by atoms with Crippen LogP contribution in [0.25, 0.3) is 0 Å². The summed E-state index contributed by atoms with van der Waals surface area (Å²) in [5.74, 6) is 0.687. The Hall–Kier alpha value is -0.600. The van der Waals surface area contributed by atoms with Gasteiger partial charge in [-0.05, 0) is 30.0 Å². The van der Waals surface area contributed by atoms with Crippen LogP contribution in [-0.2, 0) is 11.3 Å². The van der Waals surface area contributed by atoms with Crippen molar-refractivity contribution in [3.8, 4) is 0 Å². The molecule has 0 N–H and O–H groups in total. The topological polar surface area (TPSA) is 22.1 Å². The molecule has 1 rings (SSSR count). The van der Waals surface area contributed by atoms with Crippen molar-refractivity contribution in [1.29, 1.82) is 0 Å². The quantitative estimate of drug-likeness (QED) is 0.640. The molecule has 17 heavy (non-hydrogen) atoms. The molecule has 0 spiro atoms. The molecule has 96 valence electrons. The average molecular weight is 256 g/mol. The van der Waals surface area contributed by atoms with Gasteiger partial charge in [-0.15, -0.1) is 0 Å². The van der Waals surface area contributed by atoms with Crippen LogP contribution in [0.3, 0.4) is 0 Å². The number of aromatic nitrogens is 1. The molecular weight excluding hydrogens is 234 g/mol. The van der Waals surface area contributed by atoms with Crippen LogP contribution in [0.15, 0.2) is 18.3 Å². The van der Waals surface area contributed by atoms with Crippen molar-refractivity contribution in [1.82, 2.24) is 4.98 Å². The SMILES string of the molecule is CCCCC(CC)COCc1ccnc(Cl)c1. The minimum atomic E-state index is 0.532. The summed E-state index contributed by atoms with van der Waals surface area (Å²) in [7, 11) is 0. The Morgan fingerprint density at radius 1 is 1.41 bits per heavy atom. The second-order valence-corrected chi connectivity index (χ2v) is 4.81. The van der Waals surface area contributed by atoms with Crippen molar-refractivity contribution in [2.24, 2.45) is 5.92 Å². The van der Waals surface area contributed by atoms with E-state index in [0.717, 1.165) is 12.2 Å². The van der Waals surface area contributed by atoms with E-state index in [9.17, 15) is 0 Å². The van der Waals surface area contributed by atoms with Crippen LogP contribution in [0.5, 0.6) is 0 Å². The number of hydrogen-bond donors (Lipinski definition) is 0. The normalized spacial score (nSPS) is 12.6. The molecule has 0 aliphatic rings. The lowest BCUT2D eigenvalue weighted by Gasteiger charge is -2.14. The van der Waals surface area contributed by atoms with E-state index in [1.165, 1.54) is 25.7 Å². The maximum absolute atomic E-state index is 5.82. The molecule has 1 heterocycles. The lowest BCUT2D eigenvalue weighted by Crippen LogP contribution is -2.08. The Kier molecular flexibility index (Phi) is 7.22. The third-order valence-electron chi connectivity index (χ3n) is 2.96. The third-order valence-corrected chi connectivity index (χ3v) is 3.16. The molecule has 1 atom stereocenters. The Morgan fingerprint density at radius 2 is 2.24 bits per heavy atom. The average Bonchev–Trinajstić information content (AvgIpc) is 2.33. The van der Waals surface area contributed by atoms with Gasteiger partial charge < -0.3 is 4.74 Å². The van der Waals surface area contributed by atoms with Crippen molar-refractivity contribution in [2.45, 2.75) is 46.1 Å². The van der Waals surface area contributed by atoms with Crippen molar-refractivity contribution < 1.29 is 4.74 Å². The Balaban J connectivity index is 2.26. The van der Waals surface area contributed by atoms with Gasteiger partial charge >= 0.3 is 0 Å². The molecule has 0 amide bonds. The summed E-state index contributed by atoms with van der Waals surface area (Å²) >= 11 is 5.82. The number of halogens is 1. The van der Waals surface area contributed by atoms with Crippen LogP contribution in [-0.4, -0.2) is 11.6 Å². The molecule has 1 unspecified atom stereocenters. The summed E-state index contributed by atoms with van der Waals surface area (Å²) in [5.41, 5.74) is 1.09. The number of rotatable bonds is 8. The molecular formula is C14H22ClNO. The molecule has 0 saturated heterocycles. The second kappa shape index (κ2) is 8.48. The van der Waals surface area contributed by atoms with E-state index in [0.29, 0.717) is 17.7 Å². The lowest BCUT2D eigenvalue weighted by atomic mass is 10.0. The highest BCUT2D eigenvalue weighted by Crippen LogP contribution is 2.14. The van der Waals surface area contributed by atoms with Crippen molar-refractivity contribution >= 4 is 11.6 Å². The smallest absolute Gasteiger partial charge is 0.129 e. The molecule has 1 aromatic heterocycles. The molecule has 0 radical (unpaired) electrons. The highest BCUT2D eigenvalue weighted by atomic mass is 35.5. The Morgan fingerprint density at radius 3 is 2.88 bits per heavy atom. The van der Waals surface area contributed by atoms with E-state index >= 15 is 0 Å².